The van der Waals surface area contributed by atoms with E-state index in [9.17, 15) is 14.4 Å². The summed E-state index contributed by atoms with van der Waals surface area (Å²) in [6, 6.07) is 23.2. The number of fused-ring (bicyclic) bond motifs is 1. The Kier molecular flexibility index (Phi) is 10.3. The lowest BCUT2D eigenvalue weighted by Gasteiger charge is -2.31. The van der Waals surface area contributed by atoms with Crippen molar-refractivity contribution >= 4 is 34.4 Å². The van der Waals surface area contributed by atoms with Gasteiger partial charge in [-0.15, -0.1) is 0 Å². The van der Waals surface area contributed by atoms with E-state index in [1.165, 1.54) is 41.2 Å². The van der Waals surface area contributed by atoms with Crippen LogP contribution < -0.4 is 10.7 Å². The van der Waals surface area contributed by atoms with Gasteiger partial charge in [0.25, 0.3) is 5.91 Å². The van der Waals surface area contributed by atoms with E-state index in [0.717, 1.165) is 63.5 Å². The lowest BCUT2D eigenvalue weighted by atomic mass is 9.79. The minimum atomic E-state index is -0.399. The van der Waals surface area contributed by atoms with Crippen LogP contribution in [0.25, 0.3) is 11.0 Å². The second kappa shape index (κ2) is 15.2. The molecule has 2 aliphatic carbocycles. The Bertz CT molecular complexity index is 1900. The average molecular weight is 677 g/mol. The Morgan fingerprint density at radius 3 is 2.43 bits per heavy atom. The third kappa shape index (κ3) is 8.02. The monoisotopic (exact) mass is 676 g/mol. The molecule has 1 aliphatic heterocycles. The number of benzene rings is 3. The molecule has 1 aromatic heterocycles. The van der Waals surface area contributed by atoms with E-state index in [-0.39, 0.29) is 23.1 Å². The minimum Gasteiger partial charge on any atom is -0.451 e. The molecule has 254 valence electrons. The maximum Gasteiger partial charge on any atom is 0.287 e. The van der Waals surface area contributed by atoms with Crippen molar-refractivity contribution in [3.8, 4) is 0 Å². The molecule has 7 heteroatoms. The lowest BCUT2D eigenvalue weighted by molar-refractivity contribution is -0.133. The molecule has 4 aromatic rings. The third-order valence-corrected chi connectivity index (χ3v) is 11.1. The average Bonchev–Trinajstić information content (AvgIpc) is 3.66. The Morgan fingerprint density at radius 1 is 0.878 bits per heavy atom. The normalized spacial score (nSPS) is 19.3. The smallest absolute Gasteiger partial charge is 0.287 e. The van der Waals surface area contributed by atoms with Gasteiger partial charge >= 0.3 is 0 Å². The number of nitrogens with one attached hydrogen (secondary N) is 1. The van der Waals surface area contributed by atoms with Crippen molar-refractivity contribution < 1.29 is 14.0 Å². The first-order valence-corrected chi connectivity index (χ1v) is 18.5. The number of likely N-dealkylation sites (tertiary alicyclic amines) is 1. The van der Waals surface area contributed by atoms with E-state index >= 15 is 0 Å². The van der Waals surface area contributed by atoms with Crippen LogP contribution in [0.5, 0.6) is 0 Å². The summed E-state index contributed by atoms with van der Waals surface area (Å²) in [5.41, 5.74) is 6.42. The van der Waals surface area contributed by atoms with E-state index in [1.807, 2.05) is 47.4 Å². The van der Waals surface area contributed by atoms with Gasteiger partial charge in [-0.05, 0) is 116 Å². The molecule has 3 aliphatic rings. The maximum atomic E-state index is 13.7. The minimum absolute atomic E-state index is 0.0260. The number of hydrogen-bond donors (Lipinski definition) is 1. The first-order chi connectivity index (χ1) is 23.9. The molecule has 6 nitrogen and oxygen atoms in total. The number of carbonyl (C=O) groups is 2. The highest BCUT2D eigenvalue weighted by Crippen LogP contribution is 2.38. The van der Waals surface area contributed by atoms with Crippen LogP contribution in [0.4, 0.5) is 0 Å². The van der Waals surface area contributed by atoms with Crippen molar-refractivity contribution in [2.24, 2.45) is 0 Å². The Morgan fingerprint density at radius 2 is 1.65 bits per heavy atom. The zero-order chi connectivity index (χ0) is 33.7. The van der Waals surface area contributed by atoms with E-state index in [0.29, 0.717) is 47.2 Å². The predicted molar refractivity (Wildman–Crippen MR) is 195 cm³/mol. The standard InChI is InChI=1S/C42H45ClN2O4/c43-34-19-14-29(15-20-34)24-35(44-42(48)40-26-38(46)37-25-32(18-21-39(37)49-40)30-7-1-2-8-30)23-28-12-16-31(17-13-28)36-10-4-3-9-33(36)27-45-22-6-5-11-41(45)47/h3-4,9-10,14-15,18-21,23,25-26,30-31,35H,1-2,5-8,11-13,16-17,22,24,27H2,(H,44,48)/t31?,35-/m1/s1. The Hall–Kier alpha value is -4.16. The second-order valence-corrected chi connectivity index (χ2v) is 14.6. The first kappa shape index (κ1) is 33.3. The number of rotatable bonds is 9. The number of amides is 2. The Balaban J connectivity index is 1.07. The van der Waals surface area contributed by atoms with Crippen LogP contribution in [0, 0.1) is 0 Å². The molecule has 1 saturated heterocycles. The summed E-state index contributed by atoms with van der Waals surface area (Å²) in [6.45, 7) is 1.53. The zero-order valence-electron chi connectivity index (χ0n) is 28.1. The molecule has 0 radical (unpaired) electrons. The third-order valence-electron chi connectivity index (χ3n) is 10.8. The molecule has 49 heavy (non-hydrogen) atoms. The van der Waals surface area contributed by atoms with Crippen LogP contribution in [0.2, 0.25) is 5.02 Å². The van der Waals surface area contributed by atoms with Crippen molar-refractivity contribution in [2.45, 2.75) is 101 Å². The largest absolute Gasteiger partial charge is 0.451 e. The quantitative estimate of drug-likeness (QED) is 0.179. The molecule has 2 amide bonds. The van der Waals surface area contributed by atoms with E-state index in [1.54, 1.807) is 0 Å². The van der Waals surface area contributed by atoms with Crippen molar-refractivity contribution in [3.05, 3.63) is 128 Å². The van der Waals surface area contributed by atoms with Crippen LogP contribution in [-0.4, -0.2) is 29.3 Å². The molecule has 0 bridgehead atoms. The Labute approximate surface area is 293 Å². The van der Waals surface area contributed by atoms with Gasteiger partial charge in [0, 0.05) is 30.6 Å². The molecule has 3 aromatic carbocycles. The number of hydrogen-bond acceptors (Lipinski definition) is 4. The summed E-state index contributed by atoms with van der Waals surface area (Å²) in [6.07, 6.45) is 14.2. The number of carbonyl (C=O) groups excluding carboxylic acids is 2. The van der Waals surface area contributed by atoms with Crippen LogP contribution in [0.1, 0.15) is 115 Å². The van der Waals surface area contributed by atoms with Gasteiger partial charge in [-0.25, -0.2) is 0 Å². The lowest BCUT2D eigenvalue weighted by Crippen LogP contribution is -2.36. The van der Waals surface area contributed by atoms with Crippen LogP contribution in [0.3, 0.4) is 0 Å². The summed E-state index contributed by atoms with van der Waals surface area (Å²) in [5.74, 6) is 0.810. The first-order valence-electron chi connectivity index (χ1n) is 18.1. The van der Waals surface area contributed by atoms with Gasteiger partial charge in [-0.2, -0.15) is 0 Å². The fraction of sp³-hybridized carbons (Fsp3) is 0.405. The SMILES string of the molecule is O=C(N[C@H](C=C1CCC(c2ccccc2CN2CCCCC2=O)CC1)Cc1ccc(Cl)cc1)c1cc(=O)c2cc(C3CCCC3)ccc2o1. The second-order valence-electron chi connectivity index (χ2n) is 14.2. The molecule has 7 rings (SSSR count). The molecular weight excluding hydrogens is 632 g/mol. The van der Waals surface area contributed by atoms with Gasteiger partial charge in [0.15, 0.2) is 11.2 Å². The molecule has 0 spiro atoms. The molecule has 2 saturated carbocycles. The highest BCUT2D eigenvalue weighted by Gasteiger charge is 2.25. The number of piperidine rings is 1. The van der Waals surface area contributed by atoms with Gasteiger partial charge in [0.1, 0.15) is 5.58 Å². The number of allylic oxidation sites excluding steroid dienone is 1. The summed E-state index contributed by atoms with van der Waals surface area (Å²) >= 11 is 6.17. The topological polar surface area (TPSA) is 79.6 Å². The summed E-state index contributed by atoms with van der Waals surface area (Å²) in [4.78, 5) is 41.4. The van der Waals surface area contributed by atoms with Gasteiger partial charge in [-0.3, -0.25) is 14.4 Å². The van der Waals surface area contributed by atoms with Crippen molar-refractivity contribution in [1.82, 2.24) is 10.2 Å². The van der Waals surface area contributed by atoms with Crippen molar-refractivity contribution in [2.75, 3.05) is 6.54 Å². The molecule has 2 heterocycles. The van der Waals surface area contributed by atoms with Crippen LogP contribution >= 0.6 is 11.6 Å². The molecule has 0 unspecified atom stereocenters. The fourth-order valence-corrected chi connectivity index (χ4v) is 8.25. The van der Waals surface area contributed by atoms with E-state index in [4.69, 9.17) is 16.0 Å². The van der Waals surface area contributed by atoms with Crippen molar-refractivity contribution in [3.63, 3.8) is 0 Å². The summed E-state index contributed by atoms with van der Waals surface area (Å²) in [5, 5.41) is 4.37. The van der Waals surface area contributed by atoms with E-state index < -0.39 is 5.91 Å². The predicted octanol–water partition coefficient (Wildman–Crippen LogP) is 9.24. The molecule has 1 atom stereocenters. The van der Waals surface area contributed by atoms with Gasteiger partial charge in [0.2, 0.25) is 5.91 Å². The van der Waals surface area contributed by atoms with Crippen LogP contribution in [-0.2, 0) is 17.8 Å². The van der Waals surface area contributed by atoms with Crippen LogP contribution in [0.15, 0.2) is 93.7 Å². The molecule has 1 N–H and O–H groups in total. The van der Waals surface area contributed by atoms with E-state index in [2.05, 4.69) is 35.7 Å². The molecule has 3 fully saturated rings. The summed E-state index contributed by atoms with van der Waals surface area (Å²) < 4.78 is 6.04. The van der Waals surface area contributed by atoms with Crippen molar-refractivity contribution in [1.29, 1.82) is 0 Å². The fourth-order valence-electron chi connectivity index (χ4n) is 8.13. The maximum absolute atomic E-state index is 13.7. The summed E-state index contributed by atoms with van der Waals surface area (Å²) in [7, 11) is 0. The highest BCUT2D eigenvalue weighted by atomic mass is 35.5. The van der Waals surface area contributed by atoms with Gasteiger partial charge < -0.3 is 14.6 Å². The van der Waals surface area contributed by atoms with Gasteiger partial charge in [0.05, 0.1) is 11.4 Å². The number of halogens is 1. The zero-order valence-corrected chi connectivity index (χ0v) is 28.9. The van der Waals surface area contributed by atoms with Gasteiger partial charge in [-0.1, -0.05) is 78.6 Å². The highest BCUT2D eigenvalue weighted by molar-refractivity contribution is 6.30. The number of nitrogens with zero attached hydrogens (tertiary/aromatic N) is 1. The molecular formula is C42H45ClN2O4.